The van der Waals surface area contributed by atoms with Crippen LogP contribution >= 0.6 is 11.6 Å². The number of hydrogen-bond acceptors (Lipinski definition) is 3. The van der Waals surface area contributed by atoms with Crippen LogP contribution < -0.4 is 4.74 Å². The van der Waals surface area contributed by atoms with E-state index in [4.69, 9.17) is 21.4 Å². The number of halogens is 1. The van der Waals surface area contributed by atoms with E-state index in [1.54, 1.807) is 7.11 Å². The van der Waals surface area contributed by atoms with E-state index in [2.05, 4.69) is 30.0 Å². The van der Waals surface area contributed by atoms with Crippen LogP contribution in [0.2, 0.25) is 5.02 Å². The summed E-state index contributed by atoms with van der Waals surface area (Å²) in [5.41, 5.74) is 7.53. The summed E-state index contributed by atoms with van der Waals surface area (Å²) < 4.78 is 7.60. The Hall–Kier alpha value is -2.30. The van der Waals surface area contributed by atoms with Gasteiger partial charge in [-0.25, -0.2) is 4.68 Å². The molecule has 1 aliphatic heterocycles. The molecule has 1 aliphatic carbocycles. The van der Waals surface area contributed by atoms with Crippen molar-refractivity contribution in [3.63, 3.8) is 0 Å². The Morgan fingerprint density at radius 3 is 2.75 bits per heavy atom. The molecule has 0 unspecified atom stereocenters. The van der Waals surface area contributed by atoms with Gasteiger partial charge in [-0.3, -0.25) is 4.90 Å². The minimum Gasteiger partial charge on any atom is -0.496 e. The highest BCUT2D eigenvalue weighted by molar-refractivity contribution is 6.32. The lowest BCUT2D eigenvalue weighted by Crippen LogP contribution is -2.35. The molecular formula is C23H24ClN3O. The topological polar surface area (TPSA) is 30.3 Å². The summed E-state index contributed by atoms with van der Waals surface area (Å²) in [6.07, 6.45) is 3.20. The van der Waals surface area contributed by atoms with Crippen LogP contribution in [0.5, 0.6) is 5.75 Å². The summed E-state index contributed by atoms with van der Waals surface area (Å²) in [6, 6.07) is 14.9. The van der Waals surface area contributed by atoms with Crippen LogP contribution in [0.3, 0.4) is 0 Å². The molecule has 5 heteroatoms. The van der Waals surface area contributed by atoms with Crippen molar-refractivity contribution in [2.45, 2.75) is 45.3 Å². The second-order valence-corrected chi connectivity index (χ2v) is 8.18. The molecule has 2 aromatic carbocycles. The third kappa shape index (κ3) is 2.83. The number of methoxy groups -OCH3 is 1. The molecule has 0 saturated heterocycles. The van der Waals surface area contributed by atoms with Crippen molar-refractivity contribution < 1.29 is 4.74 Å². The zero-order valence-corrected chi connectivity index (χ0v) is 17.0. The van der Waals surface area contributed by atoms with E-state index in [0.29, 0.717) is 6.04 Å². The Kier molecular flexibility index (Phi) is 4.41. The second kappa shape index (κ2) is 6.94. The standard InChI is InChI=1S/C23H24ClN3O/c1-15-18-12-17(26-13-16-6-5-9-23(28-2)19(16)14-26)10-11-21(18)25-27(15)22-8-4-3-7-20(22)24/h3-9,17H,10-14H2,1-2H3/t17-/m0/s1. The van der Waals surface area contributed by atoms with Crippen LogP contribution in [-0.2, 0) is 25.9 Å². The van der Waals surface area contributed by atoms with Crippen LogP contribution in [0, 0.1) is 6.92 Å². The number of hydrogen-bond donors (Lipinski definition) is 0. The second-order valence-electron chi connectivity index (χ2n) is 7.77. The van der Waals surface area contributed by atoms with Crippen LogP contribution in [0.4, 0.5) is 0 Å². The van der Waals surface area contributed by atoms with Gasteiger partial charge < -0.3 is 4.74 Å². The number of ether oxygens (including phenoxy) is 1. The fourth-order valence-corrected chi connectivity index (χ4v) is 4.95. The van der Waals surface area contributed by atoms with Gasteiger partial charge in [0.2, 0.25) is 0 Å². The molecule has 0 radical (unpaired) electrons. The molecule has 0 N–H and O–H groups in total. The van der Waals surface area contributed by atoms with Crippen molar-refractivity contribution >= 4 is 11.6 Å². The minimum atomic E-state index is 0.534. The van der Waals surface area contributed by atoms with Gasteiger partial charge in [0.15, 0.2) is 0 Å². The third-order valence-corrected chi connectivity index (χ3v) is 6.58. The maximum atomic E-state index is 6.43. The summed E-state index contributed by atoms with van der Waals surface area (Å²) >= 11 is 6.43. The molecule has 1 aromatic heterocycles. The van der Waals surface area contributed by atoms with Crippen molar-refractivity contribution in [2.75, 3.05) is 7.11 Å². The Morgan fingerprint density at radius 2 is 1.93 bits per heavy atom. The number of aryl methyl sites for hydroxylation is 1. The van der Waals surface area contributed by atoms with Crippen molar-refractivity contribution in [3.8, 4) is 11.4 Å². The first-order chi connectivity index (χ1) is 13.7. The van der Waals surface area contributed by atoms with Crippen molar-refractivity contribution in [3.05, 3.63) is 75.6 Å². The summed E-state index contributed by atoms with van der Waals surface area (Å²) in [4.78, 5) is 2.60. The summed E-state index contributed by atoms with van der Waals surface area (Å²) in [7, 11) is 1.76. The van der Waals surface area contributed by atoms with E-state index in [1.807, 2.05) is 28.9 Å². The van der Waals surface area contributed by atoms with Crippen LogP contribution in [0.1, 0.15) is 34.5 Å². The molecular weight excluding hydrogens is 370 g/mol. The van der Waals surface area contributed by atoms with E-state index >= 15 is 0 Å². The van der Waals surface area contributed by atoms with Crippen molar-refractivity contribution in [1.82, 2.24) is 14.7 Å². The summed E-state index contributed by atoms with van der Waals surface area (Å²) in [5.74, 6) is 1.01. The van der Waals surface area contributed by atoms with Crippen LogP contribution in [0.25, 0.3) is 5.69 Å². The lowest BCUT2D eigenvalue weighted by atomic mass is 9.91. The zero-order chi connectivity index (χ0) is 19.3. The van der Waals surface area contributed by atoms with Gasteiger partial charge in [0.05, 0.1) is 23.5 Å². The number of rotatable bonds is 3. The lowest BCUT2D eigenvalue weighted by Gasteiger charge is -2.30. The molecule has 0 saturated carbocycles. The predicted molar refractivity (Wildman–Crippen MR) is 111 cm³/mol. The molecule has 144 valence electrons. The van der Waals surface area contributed by atoms with Gasteiger partial charge in [0.25, 0.3) is 0 Å². The molecule has 2 aliphatic rings. The number of nitrogens with zero attached hydrogens (tertiary/aromatic N) is 3. The first-order valence-electron chi connectivity index (χ1n) is 9.86. The molecule has 0 bridgehead atoms. The van der Waals surface area contributed by atoms with Gasteiger partial charge in [0.1, 0.15) is 5.75 Å². The summed E-state index contributed by atoms with van der Waals surface area (Å²) in [6.45, 7) is 4.14. The van der Waals surface area contributed by atoms with Gasteiger partial charge in [-0.05, 0) is 55.5 Å². The molecule has 1 atom stereocenters. The van der Waals surface area contributed by atoms with E-state index in [1.165, 1.54) is 28.1 Å². The predicted octanol–water partition coefficient (Wildman–Crippen LogP) is 4.72. The molecule has 0 fully saturated rings. The van der Waals surface area contributed by atoms with Gasteiger partial charge in [-0.1, -0.05) is 35.9 Å². The third-order valence-electron chi connectivity index (χ3n) is 6.26. The minimum absolute atomic E-state index is 0.534. The van der Waals surface area contributed by atoms with E-state index in [-0.39, 0.29) is 0 Å². The lowest BCUT2D eigenvalue weighted by molar-refractivity contribution is 0.180. The first-order valence-corrected chi connectivity index (χ1v) is 10.2. The average Bonchev–Trinajstić information content (AvgIpc) is 3.29. The highest BCUT2D eigenvalue weighted by atomic mass is 35.5. The zero-order valence-electron chi connectivity index (χ0n) is 16.3. The molecule has 0 spiro atoms. The fourth-order valence-electron chi connectivity index (χ4n) is 4.74. The molecule has 5 rings (SSSR count). The van der Waals surface area contributed by atoms with E-state index in [0.717, 1.165) is 48.8 Å². The highest BCUT2D eigenvalue weighted by Crippen LogP contribution is 2.36. The van der Waals surface area contributed by atoms with Crippen LogP contribution in [0.15, 0.2) is 42.5 Å². The number of benzene rings is 2. The first kappa shape index (κ1) is 17.8. The highest BCUT2D eigenvalue weighted by Gasteiger charge is 2.32. The van der Waals surface area contributed by atoms with Crippen molar-refractivity contribution in [2.24, 2.45) is 0 Å². The van der Waals surface area contributed by atoms with Crippen LogP contribution in [-0.4, -0.2) is 27.8 Å². The normalized spacial score (nSPS) is 18.8. The molecule has 0 amide bonds. The molecule has 28 heavy (non-hydrogen) atoms. The largest absolute Gasteiger partial charge is 0.496 e. The van der Waals surface area contributed by atoms with Gasteiger partial charge >= 0.3 is 0 Å². The van der Waals surface area contributed by atoms with Gasteiger partial charge in [-0.15, -0.1) is 0 Å². The monoisotopic (exact) mass is 393 g/mol. The number of aromatic nitrogens is 2. The van der Waals surface area contributed by atoms with Crippen molar-refractivity contribution in [1.29, 1.82) is 0 Å². The number of para-hydroxylation sites is 1. The Labute approximate surface area is 170 Å². The quantitative estimate of drug-likeness (QED) is 0.645. The average molecular weight is 394 g/mol. The smallest absolute Gasteiger partial charge is 0.123 e. The van der Waals surface area contributed by atoms with Gasteiger partial charge in [-0.2, -0.15) is 5.10 Å². The summed E-state index contributed by atoms with van der Waals surface area (Å²) in [5, 5.41) is 5.64. The van der Waals surface area contributed by atoms with Gasteiger partial charge in [0, 0.05) is 30.4 Å². The van der Waals surface area contributed by atoms with E-state index < -0.39 is 0 Å². The Bertz CT molecular complexity index is 1040. The molecule has 3 aromatic rings. The Morgan fingerprint density at radius 1 is 1.07 bits per heavy atom. The Balaban J connectivity index is 1.42. The molecule has 4 nitrogen and oxygen atoms in total. The maximum absolute atomic E-state index is 6.43. The SMILES string of the molecule is COc1cccc2c1CN([C@H]1CCc3nn(-c4ccccc4Cl)c(C)c3C1)C2. The fraction of sp³-hybridized carbons (Fsp3) is 0.348. The molecule has 2 heterocycles. The maximum Gasteiger partial charge on any atom is 0.123 e. The number of fused-ring (bicyclic) bond motifs is 2. The van der Waals surface area contributed by atoms with E-state index in [9.17, 15) is 0 Å².